The minimum atomic E-state index is -0.423. The minimum Gasteiger partial charge on any atom is -0.326 e. The van der Waals surface area contributed by atoms with Gasteiger partial charge >= 0.3 is 0 Å². The number of anilines is 1. The first-order chi connectivity index (χ1) is 13.7. The van der Waals surface area contributed by atoms with E-state index >= 15 is 0 Å². The topological polar surface area (TPSA) is 99.3 Å². The van der Waals surface area contributed by atoms with Gasteiger partial charge in [-0.1, -0.05) is 35.4 Å². The van der Waals surface area contributed by atoms with Gasteiger partial charge in [0.1, 0.15) is 0 Å². The van der Waals surface area contributed by atoms with Crippen molar-refractivity contribution in [3.05, 3.63) is 64.7 Å². The Morgan fingerprint density at radius 2 is 1.55 bits per heavy atom. The van der Waals surface area contributed by atoms with Gasteiger partial charge in [-0.15, -0.1) is 0 Å². The quantitative estimate of drug-likeness (QED) is 0.447. The number of nitrogens with one attached hydrogen (secondary N) is 4. The molecule has 0 spiro atoms. The van der Waals surface area contributed by atoms with Crippen molar-refractivity contribution >= 4 is 40.7 Å². The molecule has 2 rings (SSSR count). The van der Waals surface area contributed by atoms with Crippen LogP contribution in [-0.2, 0) is 9.59 Å². The van der Waals surface area contributed by atoms with Gasteiger partial charge in [0.2, 0.25) is 11.8 Å². The van der Waals surface area contributed by atoms with Crippen LogP contribution in [0.4, 0.5) is 5.69 Å². The molecule has 4 N–H and O–H groups in total. The maximum Gasteiger partial charge on any atom is 0.257 e. The molecule has 0 heterocycles. The Kier molecular flexibility index (Phi) is 7.85. The fourth-order valence-corrected chi connectivity index (χ4v) is 2.72. The lowest BCUT2D eigenvalue weighted by Gasteiger charge is -2.11. The number of aryl methyl sites for hydroxylation is 3. The molecule has 0 saturated heterocycles. The largest absolute Gasteiger partial charge is 0.326 e. The number of thiocarbonyl (C=S) groups is 1. The van der Waals surface area contributed by atoms with Gasteiger partial charge in [0.05, 0.1) is 0 Å². The smallest absolute Gasteiger partial charge is 0.257 e. The van der Waals surface area contributed by atoms with E-state index in [1.54, 1.807) is 18.2 Å². The van der Waals surface area contributed by atoms with E-state index in [2.05, 4.69) is 21.5 Å². The van der Waals surface area contributed by atoms with Crippen molar-refractivity contribution in [1.29, 1.82) is 0 Å². The van der Waals surface area contributed by atoms with E-state index in [1.807, 2.05) is 45.0 Å². The molecule has 0 unspecified atom stereocenters. The fraction of sp³-hybridized carbons (Fsp3) is 0.238. The highest BCUT2D eigenvalue weighted by atomic mass is 32.1. The molecule has 2 aromatic rings. The minimum absolute atomic E-state index is 0.0171. The zero-order valence-electron chi connectivity index (χ0n) is 16.6. The summed E-state index contributed by atoms with van der Waals surface area (Å²) in [7, 11) is 0. The summed E-state index contributed by atoms with van der Waals surface area (Å²) >= 11 is 4.99. The molecule has 0 aromatic heterocycles. The SMILES string of the molecule is Cc1cccc(C(=O)NC(=S)NNC(=O)CCC(=O)Nc2ccc(C)cc2C)c1. The lowest BCUT2D eigenvalue weighted by molar-refractivity contribution is -0.124. The summed E-state index contributed by atoms with van der Waals surface area (Å²) in [6, 6.07) is 12.8. The van der Waals surface area contributed by atoms with Crippen molar-refractivity contribution in [3.63, 3.8) is 0 Å². The van der Waals surface area contributed by atoms with E-state index in [4.69, 9.17) is 12.2 Å². The molecule has 3 amide bonds. The summed E-state index contributed by atoms with van der Waals surface area (Å²) in [6.45, 7) is 5.76. The van der Waals surface area contributed by atoms with E-state index in [9.17, 15) is 14.4 Å². The second kappa shape index (κ2) is 10.3. The lowest BCUT2D eigenvalue weighted by Crippen LogP contribution is -2.48. The number of amides is 3. The average Bonchev–Trinajstić information content (AvgIpc) is 2.67. The highest BCUT2D eigenvalue weighted by molar-refractivity contribution is 7.80. The Morgan fingerprint density at radius 3 is 2.24 bits per heavy atom. The van der Waals surface area contributed by atoms with Crippen molar-refractivity contribution < 1.29 is 14.4 Å². The Balaban J connectivity index is 1.71. The van der Waals surface area contributed by atoms with E-state index in [-0.39, 0.29) is 29.8 Å². The molecule has 0 aliphatic heterocycles. The van der Waals surface area contributed by atoms with Crippen LogP contribution >= 0.6 is 12.2 Å². The van der Waals surface area contributed by atoms with Crippen molar-refractivity contribution in [3.8, 4) is 0 Å². The molecule has 0 fully saturated rings. The first-order valence-electron chi connectivity index (χ1n) is 9.08. The number of carbonyl (C=O) groups is 3. The number of hydrogen-bond donors (Lipinski definition) is 4. The number of hydrazine groups is 1. The number of rotatable bonds is 5. The number of benzene rings is 2. The second-order valence-corrected chi connectivity index (χ2v) is 7.10. The summed E-state index contributed by atoms with van der Waals surface area (Å²) in [5, 5.41) is 5.22. The van der Waals surface area contributed by atoms with Crippen molar-refractivity contribution in [2.75, 3.05) is 5.32 Å². The van der Waals surface area contributed by atoms with Gasteiger partial charge in [-0.25, -0.2) is 0 Å². The molecule has 0 saturated carbocycles. The molecule has 8 heteroatoms. The zero-order valence-corrected chi connectivity index (χ0v) is 17.4. The maximum absolute atomic E-state index is 12.1. The van der Waals surface area contributed by atoms with Gasteiger partial charge in [0.25, 0.3) is 5.91 Å². The molecule has 0 aliphatic carbocycles. The van der Waals surface area contributed by atoms with Crippen LogP contribution in [0.1, 0.15) is 39.9 Å². The van der Waals surface area contributed by atoms with Crippen LogP contribution in [0.5, 0.6) is 0 Å². The van der Waals surface area contributed by atoms with E-state index in [0.29, 0.717) is 5.56 Å². The summed E-state index contributed by atoms with van der Waals surface area (Å²) in [5.41, 5.74) is 9.02. The molecule has 0 bridgehead atoms. The molecule has 0 aliphatic rings. The molecule has 7 nitrogen and oxygen atoms in total. The van der Waals surface area contributed by atoms with Crippen LogP contribution in [0, 0.1) is 20.8 Å². The molecular weight excluding hydrogens is 388 g/mol. The predicted molar refractivity (Wildman–Crippen MR) is 116 cm³/mol. The maximum atomic E-state index is 12.1. The van der Waals surface area contributed by atoms with Gasteiger partial charge in [-0.05, 0) is 56.8 Å². The van der Waals surface area contributed by atoms with Crippen LogP contribution in [0.3, 0.4) is 0 Å². The molecule has 2 aromatic carbocycles. The van der Waals surface area contributed by atoms with Crippen molar-refractivity contribution in [2.24, 2.45) is 0 Å². The van der Waals surface area contributed by atoms with Crippen LogP contribution in [0.2, 0.25) is 0 Å². The third kappa shape index (κ3) is 7.34. The van der Waals surface area contributed by atoms with Gasteiger partial charge in [-0.2, -0.15) is 0 Å². The van der Waals surface area contributed by atoms with Crippen molar-refractivity contribution in [2.45, 2.75) is 33.6 Å². The highest BCUT2D eigenvalue weighted by Gasteiger charge is 2.11. The highest BCUT2D eigenvalue weighted by Crippen LogP contribution is 2.16. The summed E-state index contributed by atoms with van der Waals surface area (Å²) in [4.78, 5) is 36.0. The fourth-order valence-electron chi connectivity index (χ4n) is 2.58. The third-order valence-corrected chi connectivity index (χ3v) is 4.26. The molecule has 29 heavy (non-hydrogen) atoms. The van der Waals surface area contributed by atoms with Crippen LogP contribution in [0.15, 0.2) is 42.5 Å². The van der Waals surface area contributed by atoms with Gasteiger partial charge in [-0.3, -0.25) is 30.6 Å². The number of hydrogen-bond acceptors (Lipinski definition) is 4. The predicted octanol–water partition coefficient (Wildman–Crippen LogP) is 2.67. The van der Waals surface area contributed by atoms with Crippen LogP contribution < -0.4 is 21.5 Å². The van der Waals surface area contributed by atoms with Gasteiger partial charge in [0, 0.05) is 24.1 Å². The Labute approximate surface area is 175 Å². The second-order valence-electron chi connectivity index (χ2n) is 6.69. The molecule has 0 atom stereocenters. The third-order valence-electron chi connectivity index (χ3n) is 4.06. The normalized spacial score (nSPS) is 10.0. The Bertz CT molecular complexity index is 943. The first-order valence-corrected chi connectivity index (χ1v) is 9.49. The van der Waals surface area contributed by atoms with E-state index in [1.165, 1.54) is 0 Å². The Hall–Kier alpha value is -3.26. The standard InChI is InChI=1S/C21H24N4O3S/c1-13-5-4-6-16(12-13)20(28)23-21(29)25-24-19(27)10-9-18(26)22-17-8-7-14(2)11-15(17)3/h4-8,11-12H,9-10H2,1-3H3,(H,22,26)(H,24,27)(H2,23,25,28,29). The number of carbonyl (C=O) groups excluding carboxylic acids is 3. The molecular formula is C21H24N4O3S. The van der Waals surface area contributed by atoms with Crippen LogP contribution in [0.25, 0.3) is 0 Å². The van der Waals surface area contributed by atoms with Gasteiger partial charge in [0.15, 0.2) is 5.11 Å². The van der Waals surface area contributed by atoms with E-state index in [0.717, 1.165) is 22.4 Å². The lowest BCUT2D eigenvalue weighted by atomic mass is 10.1. The van der Waals surface area contributed by atoms with Gasteiger partial charge < -0.3 is 5.32 Å². The molecule has 152 valence electrons. The van der Waals surface area contributed by atoms with E-state index < -0.39 is 5.91 Å². The van der Waals surface area contributed by atoms with Crippen LogP contribution in [-0.4, -0.2) is 22.8 Å². The first kappa shape index (κ1) is 22.0. The summed E-state index contributed by atoms with van der Waals surface area (Å²) in [5.74, 6) is -1.07. The zero-order chi connectivity index (χ0) is 21.4. The average molecular weight is 413 g/mol. The Morgan fingerprint density at radius 1 is 0.862 bits per heavy atom. The summed E-state index contributed by atoms with van der Waals surface area (Å²) < 4.78 is 0. The molecule has 0 radical (unpaired) electrons. The monoisotopic (exact) mass is 412 g/mol. The van der Waals surface area contributed by atoms with Crippen molar-refractivity contribution in [1.82, 2.24) is 16.2 Å². The summed E-state index contributed by atoms with van der Waals surface area (Å²) in [6.07, 6.45) is -0.0125.